The van der Waals surface area contributed by atoms with E-state index in [0.717, 1.165) is 0 Å². The van der Waals surface area contributed by atoms with Gasteiger partial charge in [0.2, 0.25) is 11.9 Å². The standard InChI is InChI=1S/C37H28N5O6.3Rf/c1-46-29-10-4-7-24-21(29)14-13-20(33(24)43)19-32-40-36(38-27-17-15-22-25(34(27)44)8-5-11-30(22)47-2)42-37(41-32)39-28-18-16-23-26(35(28)45)9-6-12-31(23)48-3;;;/h4-18,43-45H,1-3,19H2,(H2,38,39,40,41,42);;;/q-3;;;. The quantitative estimate of drug-likeness (QED) is 0.0707. The van der Waals surface area contributed by atoms with Gasteiger partial charge in [-0.1, -0.05) is 48.5 Å². The Morgan fingerprint density at radius 3 is 1.27 bits per heavy atom. The minimum absolute atomic E-state index is 0. The summed E-state index contributed by atoms with van der Waals surface area (Å²) < 4.78 is 15.6. The zero-order valence-corrected chi connectivity index (χ0v) is 46.7. The predicted octanol–water partition coefficient (Wildman–Crippen LogP) is 8.04. The van der Waals surface area contributed by atoms with Crippen molar-refractivity contribution in [2.24, 2.45) is 0 Å². The second-order valence-corrected chi connectivity index (χ2v) is 10.8. The fraction of sp³-hybridized carbons (Fsp3) is 0.0270. The Kier molecular flexibility index (Phi) is 9.08. The van der Waals surface area contributed by atoms with Crippen molar-refractivity contribution in [1.82, 2.24) is 15.0 Å². The number of nitrogens with one attached hydrogen (secondary N) is 2. The maximum atomic E-state index is 11.2. The summed E-state index contributed by atoms with van der Waals surface area (Å²) in [7, 11) is 10.5. The van der Waals surface area contributed by atoms with Crippen molar-refractivity contribution in [2.45, 2.75) is 6.42 Å². The number of nitrogens with zero attached hydrogens (tertiary/aromatic N) is 3. The second-order valence-electron chi connectivity index (χ2n) is 10.8. The molecule has 1 heterocycles. The normalized spacial score (nSPS) is 10.5. The van der Waals surface area contributed by atoms with Crippen LogP contribution in [0.1, 0.15) is 11.4 Å². The Morgan fingerprint density at radius 2 is 0.863 bits per heavy atom. The monoisotopic (exact) mass is 1440 g/mol. The average molecular weight is 1440 g/mol. The van der Waals surface area contributed by atoms with Gasteiger partial charge >= 0.3 is 0 Å². The molecule has 0 aliphatic heterocycles. The van der Waals surface area contributed by atoms with E-state index >= 15 is 0 Å². The number of ether oxygens (including phenoxy) is 3. The molecule has 0 saturated heterocycles. The molecule has 1 aromatic heterocycles. The van der Waals surface area contributed by atoms with Crippen LogP contribution < -0.4 is 24.8 Å². The topological polar surface area (TPSA) is 151 Å². The summed E-state index contributed by atoms with van der Waals surface area (Å²) >= 11 is 0. The molecule has 0 spiro atoms. The molecule has 0 radical (unpaired) electrons. The van der Waals surface area contributed by atoms with E-state index in [1.807, 2.05) is 6.07 Å². The molecule has 0 saturated carbocycles. The fourth-order valence-electron chi connectivity index (χ4n) is 5.73. The molecule has 0 unspecified atom stereocenters. The number of hydrogen-bond donors (Lipinski definition) is 5. The molecule has 0 aliphatic carbocycles. The number of benzene rings is 6. The van der Waals surface area contributed by atoms with Crippen molar-refractivity contribution >= 4 is 55.6 Å². The third-order valence-electron chi connectivity index (χ3n) is 8.05. The summed E-state index contributed by atoms with van der Waals surface area (Å²) in [6.45, 7) is 0. The van der Waals surface area contributed by atoms with Gasteiger partial charge in [-0.05, 0) is 42.5 Å². The van der Waals surface area contributed by atoms with Gasteiger partial charge in [-0.15, -0.1) is 0 Å². The van der Waals surface area contributed by atoms with E-state index in [1.165, 1.54) is 0 Å². The van der Waals surface area contributed by atoms with Gasteiger partial charge < -0.3 is 40.2 Å². The Bertz CT molecular complexity index is 2090. The van der Waals surface area contributed by atoms with E-state index in [2.05, 4.69) is 46.9 Å². The summed E-state index contributed by atoms with van der Waals surface area (Å²) in [5.41, 5.74) is 1.21. The van der Waals surface area contributed by atoms with E-state index in [4.69, 9.17) is 14.2 Å². The first-order chi connectivity index (χ1) is 23.4. The molecule has 246 valence electrons. The van der Waals surface area contributed by atoms with Gasteiger partial charge in [-0.2, -0.15) is 36.3 Å². The molecule has 7 rings (SSSR count). The molecule has 0 atom stereocenters. The summed E-state index contributed by atoms with van der Waals surface area (Å²) in [5.74, 6) is 1.99. The third kappa shape index (κ3) is 5.83. The van der Waals surface area contributed by atoms with E-state index in [-0.39, 0.29) is 41.4 Å². The smallest absolute Gasteiger partial charge is 0.232 e. The molecular weight excluding hydrogens is 1410 g/mol. The SMILES string of the molecule is [CH2-]Oc1cccc2c(O)c(Cc3nc(Nc4ccc5c(O[CH2-])cccc5c4O)nc(Nc4ccc5c(O[CH2-])cccc5c4O)n3)ccc12.[Rf].[Rf].[Rf]. The molecule has 14 heteroatoms. The number of aromatic hydroxyl groups is 3. The van der Waals surface area contributed by atoms with Gasteiger partial charge in [0.05, 0.1) is 28.6 Å². The van der Waals surface area contributed by atoms with Gasteiger partial charge in [0.1, 0.15) is 23.1 Å². The van der Waals surface area contributed by atoms with Crippen molar-refractivity contribution in [2.75, 3.05) is 10.6 Å². The van der Waals surface area contributed by atoms with Crippen LogP contribution in [-0.2, 0) is 6.42 Å². The number of fused-ring (bicyclic) bond motifs is 3. The van der Waals surface area contributed by atoms with Crippen LogP contribution in [0.2, 0.25) is 0 Å². The first kappa shape index (κ1) is 34.4. The van der Waals surface area contributed by atoms with E-state index < -0.39 is 0 Å². The molecule has 0 aliphatic rings. The largest absolute Gasteiger partial charge is 0.665 e. The number of hydrogen-bond acceptors (Lipinski definition) is 11. The molecule has 0 bridgehead atoms. The Morgan fingerprint density at radius 1 is 0.471 bits per heavy atom. The Labute approximate surface area is 275 Å². The summed E-state index contributed by atoms with van der Waals surface area (Å²) in [6.07, 6.45) is 0.116. The molecule has 51 heavy (non-hydrogen) atoms. The van der Waals surface area contributed by atoms with Crippen molar-refractivity contribution in [3.63, 3.8) is 0 Å². The van der Waals surface area contributed by atoms with Gasteiger partial charge in [-0.3, -0.25) is 0 Å². The van der Waals surface area contributed by atoms with E-state index in [1.54, 1.807) is 84.9 Å². The second kappa shape index (κ2) is 13.5. The molecule has 5 N–H and O–H groups in total. The molecular formula is C37H28N5O6Rf3-3. The van der Waals surface area contributed by atoms with Gasteiger partial charge in [-0.25, -0.2) is 0 Å². The summed E-state index contributed by atoms with van der Waals surface area (Å²) in [6, 6.07) is 26.3. The summed E-state index contributed by atoms with van der Waals surface area (Å²) in [5, 5.41) is 43.5. The first-order valence-electron chi connectivity index (χ1n) is 14.7. The number of phenolic OH excluding ortho intramolecular Hbond substituents is 3. The maximum absolute atomic E-state index is 11.2. The zero-order chi connectivity index (χ0) is 33.4. The predicted molar refractivity (Wildman–Crippen MR) is 184 cm³/mol. The van der Waals surface area contributed by atoms with Crippen LogP contribution in [0.15, 0.2) is 91.0 Å². The van der Waals surface area contributed by atoms with Crippen molar-refractivity contribution < 1.29 is 29.5 Å². The fourth-order valence-corrected chi connectivity index (χ4v) is 5.73. The van der Waals surface area contributed by atoms with Gasteiger partial charge in [0.15, 0.2) is 0 Å². The molecule has 7 aromatic rings. The number of anilines is 4. The molecule has 0 amide bonds. The molecule has 6 aromatic carbocycles. The van der Waals surface area contributed by atoms with Crippen LogP contribution in [0.4, 0.5) is 23.3 Å². The van der Waals surface area contributed by atoms with Crippen LogP contribution in [-0.4, -0.2) is 30.3 Å². The van der Waals surface area contributed by atoms with Crippen LogP contribution in [0.3, 0.4) is 0 Å². The van der Waals surface area contributed by atoms with Crippen LogP contribution in [0.25, 0.3) is 32.3 Å². The van der Waals surface area contributed by atoms with Crippen molar-refractivity contribution in [3.8, 4) is 34.5 Å². The third-order valence-corrected chi connectivity index (χ3v) is 8.05. The Hall–Kier alpha value is -9.49. The number of aromatic nitrogens is 3. The molecule has 11 nitrogen and oxygen atoms in total. The first-order valence-corrected chi connectivity index (χ1v) is 14.7. The van der Waals surface area contributed by atoms with Crippen LogP contribution >= 0.6 is 0 Å². The van der Waals surface area contributed by atoms with Crippen molar-refractivity contribution in [3.05, 3.63) is 124 Å². The van der Waals surface area contributed by atoms with E-state index in [0.29, 0.717) is 66.5 Å². The summed E-state index contributed by atoms with van der Waals surface area (Å²) in [4.78, 5) is 13.8. The van der Waals surface area contributed by atoms with Crippen LogP contribution in [0.5, 0.6) is 34.5 Å². The van der Waals surface area contributed by atoms with Crippen molar-refractivity contribution in [1.29, 1.82) is 0 Å². The maximum Gasteiger partial charge on any atom is 0.232 e. The minimum atomic E-state index is -0.0471. The van der Waals surface area contributed by atoms with Gasteiger partial charge in [0, 0.05) is 44.3 Å². The average Bonchev–Trinajstić information content (AvgIpc) is 3.11. The number of phenols is 3. The zero-order valence-electron chi connectivity index (χ0n) is 27.5. The van der Waals surface area contributed by atoms with Crippen LogP contribution in [0, 0.1) is 21.3 Å². The molecule has 0 fully saturated rings. The minimum Gasteiger partial charge on any atom is -0.665 e. The van der Waals surface area contributed by atoms with E-state index in [9.17, 15) is 15.3 Å². The Balaban J connectivity index is 0.00000194. The van der Waals surface area contributed by atoms with Gasteiger partial charge in [0.25, 0.3) is 0 Å². The number of rotatable bonds is 9.